The molecule has 29 heavy (non-hydrogen) atoms. The fourth-order valence-corrected chi connectivity index (χ4v) is 2.50. The number of hydroxylamine groups is 1. The van der Waals surface area contributed by atoms with Gasteiger partial charge in [0.15, 0.2) is 5.60 Å². The van der Waals surface area contributed by atoms with E-state index in [0.717, 1.165) is 11.9 Å². The van der Waals surface area contributed by atoms with Crippen LogP contribution in [0.25, 0.3) is 0 Å². The maximum Gasteiger partial charge on any atom is 0.269 e. The molecule has 4 atom stereocenters. The Kier molecular flexibility index (Phi) is 7.29. The number of aliphatic hydroxyl groups is 1. The number of rotatable bonds is 6. The molecule has 3 unspecified atom stereocenters. The zero-order valence-corrected chi connectivity index (χ0v) is 15.6. The number of benzene rings is 1. The van der Waals surface area contributed by atoms with Gasteiger partial charge in [-0.1, -0.05) is 11.8 Å². The molecule has 7 nitrogen and oxygen atoms in total. The number of amides is 2. The second-order valence-electron chi connectivity index (χ2n) is 6.84. The molecule has 0 aromatic heterocycles. The van der Waals surface area contributed by atoms with Gasteiger partial charge >= 0.3 is 0 Å². The van der Waals surface area contributed by atoms with Gasteiger partial charge in [-0.25, -0.2) is 14.3 Å². The van der Waals surface area contributed by atoms with Crippen LogP contribution >= 0.6 is 0 Å². The summed E-state index contributed by atoms with van der Waals surface area (Å²) >= 11 is 0. The number of carbonyl (C=O) groups is 2. The van der Waals surface area contributed by atoms with Crippen molar-refractivity contribution in [3.05, 3.63) is 35.4 Å². The van der Waals surface area contributed by atoms with Gasteiger partial charge in [-0.15, -0.1) is 0 Å². The number of alkyl halides is 2. The van der Waals surface area contributed by atoms with Crippen molar-refractivity contribution >= 4 is 11.8 Å². The van der Waals surface area contributed by atoms with Crippen LogP contribution in [0.3, 0.4) is 0 Å². The molecule has 154 valence electrons. The van der Waals surface area contributed by atoms with E-state index in [1.54, 1.807) is 0 Å². The number of hydrogen-bond acceptors (Lipinski definition) is 5. The molecule has 9 heteroatoms. The maximum atomic E-state index is 13.0. The van der Waals surface area contributed by atoms with E-state index in [2.05, 4.69) is 23.7 Å². The smallest absolute Gasteiger partial charge is 0.269 e. The van der Waals surface area contributed by atoms with Crippen molar-refractivity contribution in [1.29, 1.82) is 0 Å². The second kappa shape index (κ2) is 9.48. The summed E-state index contributed by atoms with van der Waals surface area (Å²) in [6, 6.07) is 3.73. The van der Waals surface area contributed by atoms with Crippen LogP contribution in [0.1, 0.15) is 29.3 Å². The third-order valence-electron chi connectivity index (χ3n) is 4.57. The van der Waals surface area contributed by atoms with Crippen LogP contribution in [0.2, 0.25) is 0 Å². The Morgan fingerprint density at radius 3 is 2.48 bits per heavy atom. The normalized spacial score (nSPS) is 20.2. The second-order valence-corrected chi connectivity index (χ2v) is 6.84. The van der Waals surface area contributed by atoms with Crippen LogP contribution in [-0.4, -0.2) is 46.7 Å². The van der Waals surface area contributed by atoms with Gasteiger partial charge in [0, 0.05) is 17.0 Å². The summed E-state index contributed by atoms with van der Waals surface area (Å²) in [5, 5.41) is 20.5. The lowest BCUT2D eigenvalue weighted by atomic mass is 9.95. The molecule has 1 aromatic carbocycles. The fourth-order valence-electron chi connectivity index (χ4n) is 2.50. The van der Waals surface area contributed by atoms with E-state index in [0.29, 0.717) is 30.9 Å². The van der Waals surface area contributed by atoms with E-state index < -0.39 is 29.9 Å². The van der Waals surface area contributed by atoms with Crippen molar-refractivity contribution in [3.63, 3.8) is 0 Å². The molecule has 2 amide bonds. The molecule has 2 rings (SSSR count). The number of nitrogens with one attached hydrogen (secondary N) is 2. The summed E-state index contributed by atoms with van der Waals surface area (Å²) in [4.78, 5) is 23.9. The Bertz CT molecular complexity index is 879. The molecule has 6 N–H and O–H groups in total. The van der Waals surface area contributed by atoms with Gasteiger partial charge < -0.3 is 16.2 Å². The highest BCUT2D eigenvalue weighted by Gasteiger charge is 2.46. The highest BCUT2D eigenvalue weighted by atomic mass is 19.3. The summed E-state index contributed by atoms with van der Waals surface area (Å²) in [7, 11) is 0. The van der Waals surface area contributed by atoms with Gasteiger partial charge in [-0.05, 0) is 61.9 Å². The zero-order chi connectivity index (χ0) is 21.6. The molecule has 0 saturated heterocycles. The van der Waals surface area contributed by atoms with Crippen molar-refractivity contribution in [3.8, 4) is 23.7 Å². The first-order valence-electron chi connectivity index (χ1n) is 8.77. The van der Waals surface area contributed by atoms with E-state index in [4.69, 9.17) is 10.9 Å². The van der Waals surface area contributed by atoms with E-state index in [1.807, 2.05) is 5.32 Å². The average molecular weight is 405 g/mol. The Morgan fingerprint density at radius 1 is 1.31 bits per heavy atom. The maximum absolute atomic E-state index is 13.0. The molecule has 0 aliphatic heterocycles. The summed E-state index contributed by atoms with van der Waals surface area (Å²) in [6.07, 6.45) is -2.36. The molecule has 0 spiro atoms. The Labute approximate surface area is 166 Å². The molecule has 1 saturated carbocycles. The van der Waals surface area contributed by atoms with Crippen LogP contribution in [0, 0.1) is 35.5 Å². The van der Waals surface area contributed by atoms with Crippen molar-refractivity contribution in [2.75, 3.05) is 6.54 Å². The Balaban J connectivity index is 2.05. The van der Waals surface area contributed by atoms with Crippen molar-refractivity contribution < 1.29 is 28.7 Å². The monoisotopic (exact) mass is 405 g/mol. The average Bonchev–Trinajstić information content (AvgIpc) is 3.47. The van der Waals surface area contributed by atoms with Gasteiger partial charge in [-0.3, -0.25) is 14.8 Å². The molecule has 0 bridgehead atoms. The van der Waals surface area contributed by atoms with Crippen LogP contribution < -0.4 is 16.5 Å². The summed E-state index contributed by atoms with van der Waals surface area (Å²) in [6.45, 7) is 1.29. The quantitative estimate of drug-likeness (QED) is 0.264. The van der Waals surface area contributed by atoms with Gasteiger partial charge in [0.2, 0.25) is 0 Å². The predicted molar refractivity (Wildman–Crippen MR) is 99.6 cm³/mol. The van der Waals surface area contributed by atoms with Crippen molar-refractivity contribution in [2.24, 2.45) is 17.6 Å². The molecule has 1 aliphatic rings. The lowest BCUT2D eigenvalue weighted by molar-refractivity contribution is -0.149. The molecular weight excluding hydrogens is 384 g/mol. The van der Waals surface area contributed by atoms with Crippen molar-refractivity contribution in [1.82, 2.24) is 10.8 Å². The first kappa shape index (κ1) is 22.3. The Hall–Kier alpha value is -2.98. The zero-order valence-electron chi connectivity index (χ0n) is 15.6. The van der Waals surface area contributed by atoms with Crippen LogP contribution in [0.5, 0.6) is 0 Å². The fraction of sp³-hybridized carbons (Fsp3) is 0.400. The molecule has 1 aliphatic carbocycles. The number of hydrogen-bond donors (Lipinski definition) is 5. The first-order chi connectivity index (χ1) is 13.7. The SMILES string of the molecule is CC(O)(C(F)F)[C@H](NC(=O)c1ccc(C#CC#CC2CC2CN)cc1)C(=O)NO. The van der Waals surface area contributed by atoms with Crippen LogP contribution in [0.15, 0.2) is 24.3 Å². The van der Waals surface area contributed by atoms with Gasteiger partial charge in [0.25, 0.3) is 18.2 Å². The molecule has 1 fully saturated rings. The minimum Gasteiger partial charge on any atom is -0.381 e. The van der Waals surface area contributed by atoms with E-state index in [-0.39, 0.29) is 5.56 Å². The van der Waals surface area contributed by atoms with E-state index >= 15 is 0 Å². The van der Waals surface area contributed by atoms with Crippen molar-refractivity contribution in [2.45, 2.75) is 31.4 Å². The minimum absolute atomic E-state index is 0.0474. The summed E-state index contributed by atoms with van der Waals surface area (Å²) < 4.78 is 26.0. The molecular formula is C20H21F2N3O4. The lowest BCUT2D eigenvalue weighted by Crippen LogP contribution is -2.61. The van der Waals surface area contributed by atoms with E-state index in [9.17, 15) is 23.5 Å². The molecule has 0 heterocycles. The number of carbonyl (C=O) groups excluding carboxylic acids is 2. The molecule has 0 radical (unpaired) electrons. The van der Waals surface area contributed by atoms with Gasteiger partial charge in [-0.2, -0.15) is 0 Å². The number of nitrogens with two attached hydrogens (primary N) is 1. The lowest BCUT2D eigenvalue weighted by Gasteiger charge is -2.30. The first-order valence-corrected chi connectivity index (χ1v) is 8.77. The third-order valence-corrected chi connectivity index (χ3v) is 4.57. The number of halogens is 2. The topological polar surface area (TPSA) is 125 Å². The third kappa shape index (κ3) is 5.75. The van der Waals surface area contributed by atoms with Gasteiger partial charge in [0.05, 0.1) is 0 Å². The van der Waals surface area contributed by atoms with Gasteiger partial charge in [0.1, 0.15) is 6.04 Å². The van der Waals surface area contributed by atoms with Crippen LogP contribution in [-0.2, 0) is 4.79 Å². The summed E-state index contributed by atoms with van der Waals surface area (Å²) in [5.41, 5.74) is 4.41. The highest BCUT2D eigenvalue weighted by Crippen LogP contribution is 2.36. The Morgan fingerprint density at radius 2 is 1.97 bits per heavy atom. The molecule has 1 aromatic rings. The largest absolute Gasteiger partial charge is 0.381 e. The predicted octanol–water partition coefficient (Wildman–Crippen LogP) is 0.256. The summed E-state index contributed by atoms with van der Waals surface area (Å²) in [5.74, 6) is 9.76. The highest BCUT2D eigenvalue weighted by molar-refractivity contribution is 5.97. The van der Waals surface area contributed by atoms with Crippen LogP contribution in [0.4, 0.5) is 8.78 Å². The standard InChI is InChI=1S/C20H21F2N3O4/c1-20(28,19(21)22)16(18(27)25-29)24-17(26)13-8-6-12(7-9-13)4-2-3-5-14-10-15(14)11-23/h6-9,14-16,19,28-29H,10-11,23H2,1H3,(H,24,26)(H,25,27)/t14?,15?,16-,20?/m1/s1. The minimum atomic E-state index is -3.35. The van der Waals surface area contributed by atoms with E-state index in [1.165, 1.54) is 24.3 Å².